The van der Waals surface area contributed by atoms with Crippen molar-refractivity contribution in [1.82, 2.24) is 16.0 Å². The summed E-state index contributed by atoms with van der Waals surface area (Å²) >= 11 is 0. The first-order valence-corrected chi connectivity index (χ1v) is 8.04. The molecule has 0 aliphatic rings. The predicted molar refractivity (Wildman–Crippen MR) is 89.6 cm³/mol. The molecule has 150 valence electrons. The second kappa shape index (κ2) is 13.0. The van der Waals surface area contributed by atoms with E-state index in [2.05, 4.69) is 10.6 Å². The van der Waals surface area contributed by atoms with E-state index in [1.807, 2.05) is 5.32 Å². The number of rotatable bonds is 13. The molecule has 0 aromatic rings. The number of carboxylic acid groups (broad SMARTS) is 1. The molecule has 0 aromatic carbocycles. The molecule has 0 aromatic heterocycles. The first kappa shape index (κ1) is 23.7. The zero-order valence-corrected chi connectivity index (χ0v) is 14.3. The van der Waals surface area contributed by atoms with Gasteiger partial charge in [0.1, 0.15) is 18.6 Å². The Balaban J connectivity index is 4.63. The third-order valence-electron chi connectivity index (χ3n) is 3.35. The Morgan fingerprint density at radius 1 is 0.885 bits per heavy atom. The lowest BCUT2D eigenvalue weighted by Gasteiger charge is -2.22. The highest BCUT2D eigenvalue weighted by molar-refractivity contribution is 5.93. The number of nitrogens with two attached hydrogens (primary N) is 2. The maximum Gasteiger partial charge on any atom is 0.322 e. The van der Waals surface area contributed by atoms with Gasteiger partial charge in [0.25, 0.3) is 0 Å². The molecule has 0 radical (unpaired) electrons. The SMILES string of the molecule is NCCCCC(N)C(=O)NC(CO)C(=O)NC(CO)C(=O)NCC(=O)O. The fourth-order valence-electron chi connectivity index (χ4n) is 1.86. The van der Waals surface area contributed by atoms with Gasteiger partial charge in [-0.3, -0.25) is 19.2 Å². The maximum atomic E-state index is 12.1. The van der Waals surface area contributed by atoms with E-state index in [1.165, 1.54) is 0 Å². The summed E-state index contributed by atoms with van der Waals surface area (Å²) in [4.78, 5) is 46.1. The van der Waals surface area contributed by atoms with Crippen LogP contribution in [0.15, 0.2) is 0 Å². The van der Waals surface area contributed by atoms with Crippen LogP contribution in [0.1, 0.15) is 19.3 Å². The summed E-state index contributed by atoms with van der Waals surface area (Å²) in [7, 11) is 0. The number of carboxylic acids is 1. The van der Waals surface area contributed by atoms with Crippen LogP contribution in [0, 0.1) is 0 Å². The number of hydrogen-bond acceptors (Lipinski definition) is 8. The second-order valence-electron chi connectivity index (χ2n) is 5.49. The Bertz CT molecular complexity index is 488. The first-order chi connectivity index (χ1) is 12.3. The summed E-state index contributed by atoms with van der Waals surface area (Å²) in [6.07, 6.45) is 1.66. The molecule has 0 rings (SSSR count). The van der Waals surface area contributed by atoms with Gasteiger partial charge in [0.05, 0.1) is 19.3 Å². The van der Waals surface area contributed by atoms with Crippen LogP contribution in [0.3, 0.4) is 0 Å². The van der Waals surface area contributed by atoms with E-state index in [-0.39, 0.29) is 0 Å². The number of carbonyl (C=O) groups excluding carboxylic acids is 3. The van der Waals surface area contributed by atoms with Crippen molar-refractivity contribution in [2.75, 3.05) is 26.3 Å². The van der Waals surface area contributed by atoms with Gasteiger partial charge in [-0.25, -0.2) is 0 Å². The van der Waals surface area contributed by atoms with Crippen molar-refractivity contribution in [1.29, 1.82) is 0 Å². The molecule has 0 fully saturated rings. The Hall–Kier alpha value is -2.28. The Labute approximate surface area is 150 Å². The van der Waals surface area contributed by atoms with Gasteiger partial charge in [-0.05, 0) is 19.4 Å². The fraction of sp³-hybridized carbons (Fsp3) is 0.714. The number of aliphatic hydroxyl groups excluding tert-OH is 2. The summed E-state index contributed by atoms with van der Waals surface area (Å²) in [6.45, 7) is -1.80. The maximum absolute atomic E-state index is 12.1. The highest BCUT2D eigenvalue weighted by atomic mass is 16.4. The lowest BCUT2D eigenvalue weighted by molar-refractivity contribution is -0.139. The predicted octanol–water partition coefficient (Wildman–Crippen LogP) is -4.40. The fourth-order valence-corrected chi connectivity index (χ4v) is 1.86. The normalized spacial score (nSPS) is 14.0. The minimum atomic E-state index is -1.44. The summed E-state index contributed by atoms with van der Waals surface area (Å²) in [5.74, 6) is -3.82. The number of carbonyl (C=O) groups is 4. The zero-order chi connectivity index (χ0) is 20.1. The van der Waals surface area contributed by atoms with Crippen LogP contribution in [0.5, 0.6) is 0 Å². The number of aliphatic carboxylic acids is 1. The van der Waals surface area contributed by atoms with Crippen molar-refractivity contribution in [3.05, 3.63) is 0 Å². The van der Waals surface area contributed by atoms with Crippen molar-refractivity contribution in [2.45, 2.75) is 37.4 Å². The average molecular weight is 377 g/mol. The van der Waals surface area contributed by atoms with Crippen LogP contribution in [-0.4, -0.2) is 83.4 Å². The van der Waals surface area contributed by atoms with E-state index < -0.39 is 61.6 Å². The van der Waals surface area contributed by atoms with Crippen LogP contribution in [0.2, 0.25) is 0 Å². The number of amides is 3. The molecular formula is C14H27N5O7. The highest BCUT2D eigenvalue weighted by Crippen LogP contribution is 1.99. The quantitative estimate of drug-likeness (QED) is 0.145. The largest absolute Gasteiger partial charge is 0.480 e. The molecule has 3 unspecified atom stereocenters. The van der Waals surface area contributed by atoms with Gasteiger partial charge >= 0.3 is 5.97 Å². The van der Waals surface area contributed by atoms with Crippen LogP contribution in [-0.2, 0) is 19.2 Å². The smallest absolute Gasteiger partial charge is 0.322 e. The standard InChI is InChI=1S/C14H27N5O7/c15-4-2-1-3-8(16)12(24)18-10(7-21)14(26)19-9(6-20)13(25)17-5-11(22)23/h8-10,20-21H,1-7,15-16H2,(H,17,25)(H,18,24)(H,19,26)(H,22,23). The number of aliphatic hydroxyl groups is 2. The van der Waals surface area contributed by atoms with Crippen LogP contribution >= 0.6 is 0 Å². The van der Waals surface area contributed by atoms with Crippen molar-refractivity contribution in [3.8, 4) is 0 Å². The minimum absolute atomic E-state index is 0.347. The van der Waals surface area contributed by atoms with Gasteiger partial charge in [0.15, 0.2) is 0 Å². The molecule has 0 bridgehead atoms. The zero-order valence-electron chi connectivity index (χ0n) is 14.3. The number of unbranched alkanes of at least 4 members (excludes halogenated alkanes) is 1. The molecule has 0 heterocycles. The molecule has 0 aliphatic heterocycles. The molecule has 0 spiro atoms. The van der Waals surface area contributed by atoms with Gasteiger partial charge in [0.2, 0.25) is 17.7 Å². The van der Waals surface area contributed by atoms with Crippen LogP contribution in [0.25, 0.3) is 0 Å². The lowest BCUT2D eigenvalue weighted by atomic mass is 10.1. The third-order valence-corrected chi connectivity index (χ3v) is 3.35. The molecule has 12 nitrogen and oxygen atoms in total. The monoisotopic (exact) mass is 377 g/mol. The summed E-state index contributed by atoms with van der Waals surface area (Å²) in [5.41, 5.74) is 11.0. The number of nitrogens with one attached hydrogen (secondary N) is 3. The van der Waals surface area contributed by atoms with Crippen LogP contribution in [0.4, 0.5) is 0 Å². The first-order valence-electron chi connectivity index (χ1n) is 8.04. The molecular weight excluding hydrogens is 350 g/mol. The topological polar surface area (TPSA) is 217 Å². The van der Waals surface area contributed by atoms with E-state index in [4.69, 9.17) is 21.7 Å². The van der Waals surface area contributed by atoms with Gasteiger partial charge in [0, 0.05) is 0 Å². The molecule has 0 aliphatic carbocycles. The van der Waals surface area contributed by atoms with Gasteiger partial charge in [-0.15, -0.1) is 0 Å². The van der Waals surface area contributed by atoms with Crippen LogP contribution < -0.4 is 27.4 Å². The Kier molecular flexibility index (Phi) is 11.9. The minimum Gasteiger partial charge on any atom is -0.480 e. The summed E-state index contributed by atoms with van der Waals surface area (Å²) in [5, 5.41) is 33.3. The van der Waals surface area contributed by atoms with Gasteiger partial charge < -0.3 is 42.7 Å². The molecule has 26 heavy (non-hydrogen) atoms. The molecule has 0 saturated carbocycles. The van der Waals surface area contributed by atoms with E-state index >= 15 is 0 Å². The molecule has 12 heteroatoms. The molecule has 0 saturated heterocycles. The Morgan fingerprint density at radius 2 is 1.42 bits per heavy atom. The van der Waals surface area contributed by atoms with E-state index in [1.54, 1.807) is 0 Å². The summed E-state index contributed by atoms with van der Waals surface area (Å²) in [6, 6.07) is -3.72. The Morgan fingerprint density at radius 3 is 1.92 bits per heavy atom. The lowest BCUT2D eigenvalue weighted by Crippen LogP contribution is -2.58. The van der Waals surface area contributed by atoms with E-state index in [0.717, 1.165) is 0 Å². The van der Waals surface area contributed by atoms with Gasteiger partial charge in [-0.2, -0.15) is 0 Å². The third kappa shape index (κ3) is 9.27. The average Bonchev–Trinajstić information content (AvgIpc) is 2.61. The van der Waals surface area contributed by atoms with Crippen molar-refractivity contribution < 1.29 is 34.5 Å². The second-order valence-corrected chi connectivity index (χ2v) is 5.49. The molecule has 10 N–H and O–H groups in total. The molecule has 3 amide bonds. The van der Waals surface area contributed by atoms with Crippen molar-refractivity contribution >= 4 is 23.7 Å². The summed E-state index contributed by atoms with van der Waals surface area (Å²) < 4.78 is 0. The van der Waals surface area contributed by atoms with Gasteiger partial charge in [-0.1, -0.05) is 6.42 Å². The van der Waals surface area contributed by atoms with E-state index in [0.29, 0.717) is 25.8 Å². The van der Waals surface area contributed by atoms with E-state index in [9.17, 15) is 24.3 Å². The molecule has 3 atom stereocenters. The highest BCUT2D eigenvalue weighted by Gasteiger charge is 2.27. The number of hydrogen-bond donors (Lipinski definition) is 8. The van der Waals surface area contributed by atoms with Crippen molar-refractivity contribution in [2.24, 2.45) is 11.5 Å². The van der Waals surface area contributed by atoms with Crippen molar-refractivity contribution in [3.63, 3.8) is 0 Å².